The molecular weight excluding hydrogens is 520 g/mol. The van der Waals surface area contributed by atoms with Crippen LogP contribution in [0.4, 0.5) is 4.39 Å². The summed E-state index contributed by atoms with van der Waals surface area (Å²) >= 11 is 0. The van der Waals surface area contributed by atoms with Gasteiger partial charge in [-0.2, -0.15) is 5.10 Å². The molecule has 0 amide bonds. The van der Waals surface area contributed by atoms with Gasteiger partial charge in [0, 0.05) is 26.3 Å². The average molecular weight is 549 g/mol. The first kappa shape index (κ1) is 24.2. The van der Waals surface area contributed by atoms with Crippen molar-refractivity contribution in [3.8, 4) is 5.69 Å². The van der Waals surface area contributed by atoms with Crippen LogP contribution in [0.2, 0.25) is 0 Å². The number of para-hydroxylation sites is 1. The number of benzene rings is 2. The van der Waals surface area contributed by atoms with Crippen LogP contribution in [0.5, 0.6) is 0 Å². The number of nitrogens with zero attached hydrogens (tertiary/aromatic N) is 4. The van der Waals surface area contributed by atoms with Crippen molar-refractivity contribution in [1.82, 2.24) is 20.0 Å². The number of rotatable bonds is 5. The van der Waals surface area contributed by atoms with Gasteiger partial charge in [-0.15, -0.1) is 24.0 Å². The van der Waals surface area contributed by atoms with E-state index in [1.54, 1.807) is 19.2 Å². The molecule has 1 aliphatic rings. The van der Waals surface area contributed by atoms with Crippen LogP contribution in [0, 0.1) is 5.82 Å². The molecule has 2 aromatic carbocycles. The predicted molar refractivity (Wildman–Crippen MR) is 135 cm³/mol. The Balaban J connectivity index is 0.00000289. The van der Waals surface area contributed by atoms with Crippen molar-refractivity contribution in [3.63, 3.8) is 0 Å². The van der Waals surface area contributed by atoms with Crippen LogP contribution in [0.15, 0.2) is 72.0 Å². The highest BCUT2D eigenvalue weighted by Gasteiger charge is 2.28. The lowest BCUT2D eigenvalue weighted by Gasteiger charge is -2.38. The molecule has 0 aliphatic carbocycles. The van der Waals surface area contributed by atoms with E-state index in [9.17, 15) is 4.39 Å². The fourth-order valence-electron chi connectivity index (χ4n) is 3.85. The van der Waals surface area contributed by atoms with Crippen LogP contribution < -0.4 is 5.32 Å². The van der Waals surface area contributed by atoms with Crippen molar-refractivity contribution >= 4 is 29.9 Å². The molecule has 2 heterocycles. The molecule has 0 radical (unpaired) electrons. The maximum Gasteiger partial charge on any atom is 0.193 e. The summed E-state index contributed by atoms with van der Waals surface area (Å²) in [5, 5.41) is 7.92. The molecule has 4 rings (SSSR count). The molecule has 1 N–H and O–H groups in total. The summed E-state index contributed by atoms with van der Waals surface area (Å²) in [5.74, 6) is 0.607. The normalized spacial score (nSPS) is 18.8. The van der Waals surface area contributed by atoms with Crippen molar-refractivity contribution in [2.45, 2.75) is 25.6 Å². The smallest absolute Gasteiger partial charge is 0.193 e. The van der Waals surface area contributed by atoms with Gasteiger partial charge in [-0.25, -0.2) is 9.07 Å². The van der Waals surface area contributed by atoms with Gasteiger partial charge in [-0.3, -0.25) is 4.99 Å². The van der Waals surface area contributed by atoms with Crippen molar-refractivity contribution in [1.29, 1.82) is 0 Å². The second-order valence-corrected chi connectivity index (χ2v) is 7.74. The molecule has 2 unspecified atom stereocenters. The number of guanidine groups is 1. The van der Waals surface area contributed by atoms with E-state index >= 15 is 0 Å². The van der Waals surface area contributed by atoms with E-state index in [0.29, 0.717) is 6.54 Å². The zero-order chi connectivity index (χ0) is 21.6. The van der Waals surface area contributed by atoms with E-state index in [1.165, 1.54) is 12.1 Å². The van der Waals surface area contributed by atoms with E-state index in [-0.39, 0.29) is 42.0 Å². The Hall–Kier alpha value is -2.46. The number of halogens is 2. The largest absolute Gasteiger partial charge is 0.367 e. The number of hydrogen-bond donors (Lipinski definition) is 1. The minimum Gasteiger partial charge on any atom is -0.367 e. The first-order chi connectivity index (χ1) is 15.1. The SMILES string of the molecule is CN=C(NCCc1cnn(-c2ccccc2)c1)N1CC(C)OC(c2ccc(F)cc2)C1.I. The Morgan fingerprint density at radius 3 is 2.62 bits per heavy atom. The van der Waals surface area contributed by atoms with Crippen molar-refractivity contribution < 1.29 is 9.13 Å². The van der Waals surface area contributed by atoms with E-state index < -0.39 is 0 Å². The molecule has 1 aliphatic heterocycles. The van der Waals surface area contributed by atoms with Crippen molar-refractivity contribution in [2.24, 2.45) is 4.99 Å². The first-order valence-corrected chi connectivity index (χ1v) is 10.6. The Morgan fingerprint density at radius 1 is 1.16 bits per heavy atom. The maximum atomic E-state index is 13.3. The molecule has 0 saturated carbocycles. The Morgan fingerprint density at radius 2 is 1.91 bits per heavy atom. The number of aromatic nitrogens is 2. The fraction of sp³-hybridized carbons (Fsp3) is 0.333. The van der Waals surface area contributed by atoms with Crippen molar-refractivity contribution in [2.75, 3.05) is 26.7 Å². The molecule has 0 bridgehead atoms. The first-order valence-electron chi connectivity index (χ1n) is 10.6. The van der Waals surface area contributed by atoms with Gasteiger partial charge in [-0.1, -0.05) is 30.3 Å². The quantitative estimate of drug-likeness (QED) is 0.295. The van der Waals surface area contributed by atoms with E-state index in [1.807, 2.05) is 48.1 Å². The highest BCUT2D eigenvalue weighted by Crippen LogP contribution is 2.25. The summed E-state index contributed by atoms with van der Waals surface area (Å²) in [6.45, 7) is 4.22. The summed E-state index contributed by atoms with van der Waals surface area (Å²) in [4.78, 5) is 6.67. The molecule has 6 nitrogen and oxygen atoms in total. The monoisotopic (exact) mass is 549 g/mol. The maximum absolute atomic E-state index is 13.3. The number of morpholine rings is 1. The van der Waals surface area contributed by atoms with Crippen LogP contribution in [-0.2, 0) is 11.2 Å². The zero-order valence-electron chi connectivity index (χ0n) is 18.3. The standard InChI is InChI=1S/C24H28FN5O.HI/c1-18-15-29(17-23(31-18)20-8-10-21(25)11-9-20)24(26-2)27-13-12-19-14-28-30(16-19)22-6-4-3-5-7-22;/h3-11,14,16,18,23H,12-13,15,17H2,1-2H3,(H,26,27);1H. The highest BCUT2D eigenvalue weighted by molar-refractivity contribution is 14.0. The summed E-state index contributed by atoms with van der Waals surface area (Å²) in [5.41, 5.74) is 3.18. The summed E-state index contributed by atoms with van der Waals surface area (Å²) < 4.78 is 21.3. The van der Waals surface area contributed by atoms with Gasteiger partial charge < -0.3 is 15.0 Å². The van der Waals surface area contributed by atoms with Crippen LogP contribution in [0.1, 0.15) is 24.2 Å². The molecule has 1 fully saturated rings. The molecule has 2 atom stereocenters. The predicted octanol–water partition coefficient (Wildman–Crippen LogP) is 4.21. The van der Waals surface area contributed by atoms with E-state index in [0.717, 1.165) is 42.3 Å². The zero-order valence-corrected chi connectivity index (χ0v) is 20.6. The number of aliphatic imine (C=N–C) groups is 1. The van der Waals surface area contributed by atoms with Gasteiger partial charge >= 0.3 is 0 Å². The topological polar surface area (TPSA) is 54.7 Å². The lowest BCUT2D eigenvalue weighted by atomic mass is 10.1. The molecule has 1 saturated heterocycles. The number of ether oxygens (including phenoxy) is 1. The molecular formula is C24H29FIN5O. The third-order valence-corrected chi connectivity index (χ3v) is 5.37. The van der Waals surface area contributed by atoms with Gasteiger partial charge in [0.1, 0.15) is 11.9 Å². The van der Waals surface area contributed by atoms with Gasteiger partial charge in [-0.05, 0) is 48.7 Å². The van der Waals surface area contributed by atoms with Gasteiger partial charge in [0.05, 0.1) is 24.5 Å². The molecule has 0 spiro atoms. The number of hydrogen-bond acceptors (Lipinski definition) is 3. The lowest BCUT2D eigenvalue weighted by Crippen LogP contribution is -2.51. The third-order valence-electron chi connectivity index (χ3n) is 5.37. The molecule has 32 heavy (non-hydrogen) atoms. The van der Waals surface area contributed by atoms with Crippen molar-refractivity contribution in [3.05, 3.63) is 83.9 Å². The van der Waals surface area contributed by atoms with Crippen LogP contribution in [0.3, 0.4) is 0 Å². The van der Waals surface area contributed by atoms with Crippen LogP contribution >= 0.6 is 24.0 Å². The molecule has 1 aromatic heterocycles. The minimum atomic E-state index is -0.238. The average Bonchev–Trinajstić information content (AvgIpc) is 3.26. The second-order valence-electron chi connectivity index (χ2n) is 7.74. The third kappa shape index (κ3) is 6.07. The Kier molecular flexibility index (Phi) is 8.63. The Labute approximate surface area is 205 Å². The highest BCUT2D eigenvalue weighted by atomic mass is 127. The summed E-state index contributed by atoms with van der Waals surface area (Å²) in [6.07, 6.45) is 4.73. The summed E-state index contributed by atoms with van der Waals surface area (Å²) in [6, 6.07) is 16.6. The fourth-order valence-corrected chi connectivity index (χ4v) is 3.85. The van der Waals surface area contributed by atoms with Gasteiger partial charge in [0.15, 0.2) is 5.96 Å². The molecule has 3 aromatic rings. The van der Waals surface area contributed by atoms with Gasteiger partial charge in [0.25, 0.3) is 0 Å². The minimum absolute atomic E-state index is 0. The molecule has 170 valence electrons. The summed E-state index contributed by atoms with van der Waals surface area (Å²) in [7, 11) is 1.79. The van der Waals surface area contributed by atoms with Crippen LogP contribution in [0.25, 0.3) is 5.69 Å². The Bertz CT molecular complexity index is 1010. The van der Waals surface area contributed by atoms with E-state index in [2.05, 4.69) is 26.5 Å². The van der Waals surface area contributed by atoms with E-state index in [4.69, 9.17) is 4.74 Å². The van der Waals surface area contributed by atoms with Crippen LogP contribution in [-0.4, -0.2) is 53.4 Å². The molecule has 8 heteroatoms. The second kappa shape index (κ2) is 11.4. The lowest BCUT2D eigenvalue weighted by molar-refractivity contribution is -0.0604. The number of nitrogens with one attached hydrogen (secondary N) is 1. The van der Waals surface area contributed by atoms with Gasteiger partial charge in [0.2, 0.25) is 0 Å².